The van der Waals surface area contributed by atoms with Gasteiger partial charge in [0.25, 0.3) is 0 Å². The number of carbonyl (C=O) groups is 1. The second-order valence-corrected chi connectivity index (χ2v) is 13.1. The van der Waals surface area contributed by atoms with Gasteiger partial charge in [-0.25, -0.2) is 9.37 Å². The molecule has 2 aromatic carbocycles. The van der Waals surface area contributed by atoms with Gasteiger partial charge in [-0.1, -0.05) is 17.7 Å². The summed E-state index contributed by atoms with van der Waals surface area (Å²) in [5, 5.41) is 14.4. The van der Waals surface area contributed by atoms with Crippen molar-refractivity contribution in [2.24, 2.45) is 0 Å². The van der Waals surface area contributed by atoms with Gasteiger partial charge in [0.15, 0.2) is 5.82 Å². The van der Waals surface area contributed by atoms with Gasteiger partial charge in [-0.2, -0.15) is 10.2 Å². The Balaban J connectivity index is 1.35. The Morgan fingerprint density at radius 2 is 1.91 bits per heavy atom. The van der Waals surface area contributed by atoms with Crippen molar-refractivity contribution in [1.82, 2.24) is 34.8 Å². The van der Waals surface area contributed by atoms with E-state index in [9.17, 15) is 4.79 Å². The minimum atomic E-state index is -0.510. The van der Waals surface area contributed by atoms with Gasteiger partial charge in [0.1, 0.15) is 12.1 Å². The highest BCUT2D eigenvalue weighted by Gasteiger charge is 2.29. The fourth-order valence-corrected chi connectivity index (χ4v) is 7.45. The molecule has 2 aliphatic rings. The number of aromatic amines is 1. The first kappa shape index (κ1) is 31.5. The largest absolute Gasteiger partial charge is 0.475 e. The number of rotatable bonds is 8. The Hall–Kier alpha value is -4.06. The molecule has 246 valence electrons. The molecule has 47 heavy (non-hydrogen) atoms. The molecule has 5 heterocycles. The van der Waals surface area contributed by atoms with Crippen molar-refractivity contribution in [3.05, 3.63) is 58.6 Å². The first-order valence-electron chi connectivity index (χ1n) is 16.2. The molecule has 10 nitrogen and oxygen atoms in total. The minimum Gasteiger partial charge on any atom is -0.475 e. The number of nitrogens with one attached hydrogen (secondary N) is 1. The van der Waals surface area contributed by atoms with Crippen LogP contribution in [0.3, 0.4) is 0 Å². The van der Waals surface area contributed by atoms with E-state index in [1.165, 1.54) is 0 Å². The number of halogens is 2. The molecule has 1 atom stereocenters. The van der Waals surface area contributed by atoms with Gasteiger partial charge in [-0.15, -0.1) is 0 Å². The zero-order valence-electron chi connectivity index (χ0n) is 27.1. The quantitative estimate of drug-likeness (QED) is 0.193. The number of pyridine rings is 1. The number of benzene rings is 2. The van der Waals surface area contributed by atoms with Crippen molar-refractivity contribution in [3.8, 4) is 17.0 Å². The van der Waals surface area contributed by atoms with Crippen molar-refractivity contribution in [1.29, 1.82) is 0 Å². The van der Waals surface area contributed by atoms with E-state index in [1.54, 1.807) is 31.7 Å². The molecule has 0 saturated carbocycles. The van der Waals surface area contributed by atoms with E-state index in [0.717, 1.165) is 46.9 Å². The number of likely N-dealkylation sites (tertiary alicyclic amines) is 2. The lowest BCUT2D eigenvalue weighted by Crippen LogP contribution is -2.38. The maximum Gasteiger partial charge on any atom is 0.246 e. The molecule has 0 bridgehead atoms. The molecule has 2 fully saturated rings. The van der Waals surface area contributed by atoms with Gasteiger partial charge in [0.2, 0.25) is 11.8 Å². The van der Waals surface area contributed by atoms with E-state index in [2.05, 4.69) is 22.1 Å². The van der Waals surface area contributed by atoms with E-state index >= 15 is 4.39 Å². The monoisotopic (exact) mass is 659 g/mol. The maximum atomic E-state index is 17.1. The number of likely N-dealkylation sites (N-methyl/N-ethyl adjacent to an activating group) is 1. The molecule has 0 spiro atoms. The van der Waals surface area contributed by atoms with Gasteiger partial charge >= 0.3 is 0 Å². The third-order valence-corrected chi connectivity index (χ3v) is 10.2. The van der Waals surface area contributed by atoms with Crippen LogP contribution in [0.1, 0.15) is 42.9 Å². The summed E-state index contributed by atoms with van der Waals surface area (Å²) in [6.07, 6.45) is 10.3. The predicted octanol–water partition coefficient (Wildman–Crippen LogP) is 6.38. The maximum absolute atomic E-state index is 17.1. The van der Waals surface area contributed by atoms with Crippen LogP contribution < -0.4 is 4.74 Å². The topological polar surface area (TPSA) is 101 Å². The summed E-state index contributed by atoms with van der Waals surface area (Å²) in [6.45, 7) is 6.98. The Labute approximate surface area is 277 Å². The zero-order valence-corrected chi connectivity index (χ0v) is 27.9. The minimum absolute atomic E-state index is 0.00925. The summed E-state index contributed by atoms with van der Waals surface area (Å²) in [5.41, 5.74) is 4.63. The van der Waals surface area contributed by atoms with E-state index in [-0.39, 0.29) is 28.5 Å². The van der Waals surface area contributed by atoms with E-state index in [4.69, 9.17) is 31.2 Å². The molecule has 2 aliphatic heterocycles. The normalized spacial score (nSPS) is 18.1. The molecule has 12 heteroatoms. The Bertz CT molecular complexity index is 2010. The van der Waals surface area contributed by atoms with Crippen molar-refractivity contribution in [2.75, 3.05) is 47.0 Å². The van der Waals surface area contributed by atoms with Gasteiger partial charge in [-0.05, 0) is 76.4 Å². The number of fused-ring (bicyclic) bond motifs is 4. The number of nitrogens with zero attached hydrogens (tertiary/aromatic N) is 6. The van der Waals surface area contributed by atoms with Gasteiger partial charge in [0, 0.05) is 54.2 Å². The molecule has 2 saturated heterocycles. The molecule has 1 amide bonds. The van der Waals surface area contributed by atoms with Crippen molar-refractivity contribution in [2.45, 2.75) is 51.6 Å². The summed E-state index contributed by atoms with van der Waals surface area (Å²) in [4.78, 5) is 21.7. The van der Waals surface area contributed by atoms with E-state index in [0.29, 0.717) is 66.9 Å². The Kier molecular flexibility index (Phi) is 8.63. The zero-order chi connectivity index (χ0) is 32.8. The third-order valence-electron chi connectivity index (χ3n) is 9.93. The van der Waals surface area contributed by atoms with Crippen molar-refractivity contribution in [3.63, 3.8) is 0 Å². The number of aromatic nitrogens is 5. The standard InChI is InChI=1S/C35H39ClFN7O3/c1-20-15-28-25(17-38-41-28)30(21(20)2)31-27(36)16-24-33(32(31)37)40-35(47-19-23-7-5-11-42(23)3)26-18-39-44(34(24)26)22-9-12-43(13-10-22)29(45)8-6-14-46-4/h6,8,15-18,22-23H,5,7,9-14,19H2,1-4H3,(H,38,41)/b8-6+. The molecule has 5 aromatic rings. The first-order valence-corrected chi connectivity index (χ1v) is 16.5. The molecule has 1 N–H and O–H groups in total. The van der Waals surface area contributed by atoms with Crippen LogP contribution in [0.4, 0.5) is 4.39 Å². The molecule has 3 aromatic heterocycles. The highest BCUT2D eigenvalue weighted by molar-refractivity contribution is 6.35. The fourth-order valence-electron chi connectivity index (χ4n) is 7.16. The highest BCUT2D eigenvalue weighted by Crippen LogP contribution is 2.44. The second kappa shape index (κ2) is 12.9. The third kappa shape index (κ3) is 5.64. The van der Waals surface area contributed by atoms with Gasteiger partial charge < -0.3 is 19.3 Å². The van der Waals surface area contributed by atoms with Crippen LogP contribution in [0.25, 0.3) is 43.8 Å². The van der Waals surface area contributed by atoms with Crippen LogP contribution in [0.5, 0.6) is 5.88 Å². The van der Waals surface area contributed by atoms with Crippen LogP contribution >= 0.6 is 11.6 Å². The smallest absolute Gasteiger partial charge is 0.246 e. The van der Waals surface area contributed by atoms with Crippen LogP contribution in [-0.2, 0) is 9.53 Å². The highest BCUT2D eigenvalue weighted by atomic mass is 35.5. The van der Waals surface area contributed by atoms with Crippen LogP contribution in [0.2, 0.25) is 5.02 Å². The molecular weight excluding hydrogens is 621 g/mol. The Morgan fingerprint density at radius 3 is 2.66 bits per heavy atom. The first-order chi connectivity index (χ1) is 22.8. The van der Waals surface area contributed by atoms with E-state index < -0.39 is 5.82 Å². The van der Waals surface area contributed by atoms with Gasteiger partial charge in [0.05, 0.1) is 46.5 Å². The number of hydrogen-bond donors (Lipinski definition) is 1. The summed E-state index contributed by atoms with van der Waals surface area (Å²) >= 11 is 7.03. The summed E-state index contributed by atoms with van der Waals surface area (Å²) in [7, 11) is 3.70. The summed E-state index contributed by atoms with van der Waals surface area (Å²) in [6, 6.07) is 4.07. The lowest BCUT2D eigenvalue weighted by Gasteiger charge is -2.32. The predicted molar refractivity (Wildman–Crippen MR) is 182 cm³/mol. The number of amides is 1. The number of H-pyrrole nitrogens is 1. The summed E-state index contributed by atoms with van der Waals surface area (Å²) < 4.78 is 30.5. The lowest BCUT2D eigenvalue weighted by molar-refractivity contribution is -0.127. The average Bonchev–Trinajstić information content (AvgIpc) is 3.82. The van der Waals surface area contributed by atoms with Crippen LogP contribution in [-0.4, -0.2) is 93.7 Å². The number of ether oxygens (including phenoxy) is 2. The lowest BCUT2D eigenvalue weighted by atomic mass is 9.92. The number of piperidine rings is 1. The SMILES string of the molecule is COC/C=C/C(=O)N1CCC(n2ncc3c(OCC4CCCN4C)nc4c(F)c(-c5c(C)c(C)cc6[nH]ncc56)c(Cl)cc4c32)CC1. The fraction of sp³-hybridized carbons (Fsp3) is 0.429. The second-order valence-electron chi connectivity index (χ2n) is 12.7. The molecule has 7 rings (SSSR count). The average molecular weight is 660 g/mol. The molecule has 0 aliphatic carbocycles. The van der Waals surface area contributed by atoms with Crippen molar-refractivity contribution >= 4 is 50.2 Å². The van der Waals surface area contributed by atoms with Crippen LogP contribution in [0, 0.1) is 19.7 Å². The number of carbonyl (C=O) groups excluding carboxylic acids is 1. The molecule has 1 unspecified atom stereocenters. The number of aryl methyl sites for hydroxylation is 1. The van der Waals surface area contributed by atoms with Crippen molar-refractivity contribution < 1.29 is 18.7 Å². The molecular formula is C35H39ClFN7O3. The van der Waals surface area contributed by atoms with Gasteiger partial charge in [-0.3, -0.25) is 14.6 Å². The molecule has 0 radical (unpaired) electrons. The van der Waals surface area contributed by atoms with Crippen LogP contribution in [0.15, 0.2) is 36.7 Å². The van der Waals surface area contributed by atoms with E-state index in [1.807, 2.05) is 35.6 Å². The number of methoxy groups -OCH3 is 1. The Morgan fingerprint density at radius 1 is 1.11 bits per heavy atom. The number of hydrogen-bond acceptors (Lipinski definition) is 7. The summed E-state index contributed by atoms with van der Waals surface area (Å²) in [5.74, 6) is -0.187.